The summed E-state index contributed by atoms with van der Waals surface area (Å²) in [4.78, 5) is 43.0. The third-order valence-electron chi connectivity index (χ3n) is 9.59. The van der Waals surface area contributed by atoms with Crippen LogP contribution in [0.1, 0.15) is 55.6 Å². The van der Waals surface area contributed by atoms with E-state index in [-0.39, 0.29) is 24.4 Å². The van der Waals surface area contributed by atoms with E-state index in [1.54, 1.807) is 11.9 Å². The topological polar surface area (TPSA) is 104 Å². The summed E-state index contributed by atoms with van der Waals surface area (Å²) < 4.78 is 7.88. The number of fused-ring (bicyclic) bond motifs is 1. The van der Waals surface area contributed by atoms with Crippen molar-refractivity contribution in [2.24, 2.45) is 7.05 Å². The van der Waals surface area contributed by atoms with Crippen LogP contribution in [0.5, 0.6) is 5.75 Å². The average Bonchev–Trinajstić information content (AvgIpc) is 3.43. The number of carbonyl (C=O) groups excluding carboxylic acids is 2. The van der Waals surface area contributed by atoms with Gasteiger partial charge in [0.05, 0.1) is 5.56 Å². The number of aromatic nitrogens is 1. The van der Waals surface area contributed by atoms with Gasteiger partial charge in [-0.25, -0.2) is 4.79 Å². The van der Waals surface area contributed by atoms with E-state index in [0.717, 1.165) is 40.2 Å². The number of benzene rings is 4. The second-order valence-corrected chi connectivity index (χ2v) is 12.8. The normalized spacial score (nSPS) is 13.8. The van der Waals surface area contributed by atoms with Crippen molar-refractivity contribution in [1.82, 2.24) is 14.8 Å². The van der Waals surface area contributed by atoms with Crippen molar-refractivity contribution in [3.63, 3.8) is 0 Å². The molecule has 4 aromatic carbocycles. The molecule has 1 atom stereocenters. The molecule has 0 radical (unpaired) electrons. The molecule has 2 N–H and O–H groups in total. The number of carbonyl (C=O) groups is 3. The Morgan fingerprint density at radius 3 is 2.30 bits per heavy atom. The summed E-state index contributed by atoms with van der Waals surface area (Å²) in [6.45, 7) is 5.17. The van der Waals surface area contributed by atoms with E-state index in [1.807, 2.05) is 114 Å². The van der Waals surface area contributed by atoms with Crippen molar-refractivity contribution >= 4 is 23.6 Å². The molecule has 3 amide bonds. The van der Waals surface area contributed by atoms with E-state index in [4.69, 9.17) is 9.84 Å². The number of carboxylic acid groups (broad SMARTS) is 1. The number of hydrogen-bond acceptors (Lipinski definition) is 4. The third-order valence-corrected chi connectivity index (χ3v) is 9.59. The Kier molecular flexibility index (Phi) is 10.0. The predicted molar refractivity (Wildman–Crippen MR) is 195 cm³/mol. The molecule has 6 rings (SSSR count). The van der Waals surface area contributed by atoms with Gasteiger partial charge in [0.15, 0.2) is 0 Å². The van der Waals surface area contributed by atoms with Gasteiger partial charge in [-0.1, -0.05) is 60.7 Å². The highest BCUT2D eigenvalue weighted by Gasteiger charge is 2.30. The van der Waals surface area contributed by atoms with Crippen LogP contribution in [0.25, 0.3) is 11.3 Å². The lowest BCUT2D eigenvalue weighted by Gasteiger charge is -2.35. The van der Waals surface area contributed by atoms with E-state index >= 15 is 0 Å². The Bertz CT molecular complexity index is 2020. The number of anilines is 1. The predicted octanol–water partition coefficient (Wildman–Crippen LogP) is 7.25. The minimum atomic E-state index is -1.09. The molecule has 256 valence electrons. The highest BCUT2D eigenvalue weighted by atomic mass is 16.5. The second-order valence-electron chi connectivity index (χ2n) is 12.8. The molecule has 0 saturated carbocycles. The third kappa shape index (κ3) is 7.27. The number of hydrogen-bond donors (Lipinski definition) is 2. The molecule has 0 saturated heterocycles. The molecule has 1 aliphatic heterocycles. The zero-order chi connectivity index (χ0) is 35.4. The van der Waals surface area contributed by atoms with Crippen molar-refractivity contribution in [3.8, 4) is 17.0 Å². The fourth-order valence-corrected chi connectivity index (χ4v) is 6.54. The number of nitrogens with zero attached hydrogens (tertiary/aromatic N) is 3. The number of amides is 3. The highest BCUT2D eigenvalue weighted by Crippen LogP contribution is 2.33. The Balaban J connectivity index is 1.29. The number of ether oxygens (including phenoxy) is 1. The van der Waals surface area contributed by atoms with Crippen molar-refractivity contribution in [1.29, 1.82) is 0 Å². The summed E-state index contributed by atoms with van der Waals surface area (Å²) in [7, 11) is 3.64. The maximum atomic E-state index is 14.4. The Hall–Kier alpha value is -5.83. The quantitative estimate of drug-likeness (QED) is 0.163. The highest BCUT2D eigenvalue weighted by molar-refractivity contribution is 6.08. The van der Waals surface area contributed by atoms with E-state index in [1.165, 1.54) is 5.56 Å². The summed E-state index contributed by atoms with van der Waals surface area (Å²) in [5.41, 5.74) is 8.29. The molecule has 2 heterocycles. The number of rotatable bonds is 10. The number of nitrogens with one attached hydrogen (secondary N) is 1. The smallest absolute Gasteiger partial charge is 0.404 e. The van der Waals surface area contributed by atoms with Crippen molar-refractivity contribution in [3.05, 3.63) is 142 Å². The van der Waals surface area contributed by atoms with Crippen LogP contribution < -0.4 is 15.0 Å². The lowest BCUT2D eigenvalue weighted by Crippen LogP contribution is -2.42. The monoisotopic (exact) mass is 670 g/mol. The standard InChI is InChI=1S/C41H42N4O5/c1-27-22-31-12-8-9-13-32(31)25-45(27)40(47)35-19-14-29(20-21-42-41(48)49)23-37(35)38-24-36(28(2)43(38)3)39(46)44(4)33-15-17-34(18-16-33)50-26-30-10-6-5-7-11-30/h5-19,23-24,27,42H,20-22,25-26H2,1-4H3,(H,48,49)/t27-/m1/s1. The van der Waals surface area contributed by atoms with Gasteiger partial charge < -0.3 is 29.5 Å². The Labute approximate surface area is 292 Å². The van der Waals surface area contributed by atoms with Crippen LogP contribution in [0.2, 0.25) is 0 Å². The fourth-order valence-electron chi connectivity index (χ4n) is 6.54. The maximum Gasteiger partial charge on any atom is 0.404 e. The van der Waals surface area contributed by atoms with Gasteiger partial charge in [0, 0.05) is 61.4 Å². The van der Waals surface area contributed by atoms with Gasteiger partial charge in [0.1, 0.15) is 12.4 Å². The largest absolute Gasteiger partial charge is 0.489 e. The minimum absolute atomic E-state index is 0.000701. The van der Waals surface area contributed by atoms with Gasteiger partial charge in [0.25, 0.3) is 11.8 Å². The van der Waals surface area contributed by atoms with Crippen LogP contribution in [-0.4, -0.2) is 52.1 Å². The zero-order valence-electron chi connectivity index (χ0n) is 28.8. The van der Waals surface area contributed by atoms with E-state index in [9.17, 15) is 14.4 Å². The van der Waals surface area contributed by atoms with Gasteiger partial charge in [-0.05, 0) is 91.4 Å². The SMILES string of the molecule is Cc1c(C(=O)N(C)c2ccc(OCc3ccccc3)cc2)cc(-c2cc(CCNC(=O)O)ccc2C(=O)N2Cc3ccccc3C[C@H]2C)n1C. The van der Waals surface area contributed by atoms with Gasteiger partial charge in [-0.3, -0.25) is 9.59 Å². The fraction of sp³-hybridized carbons (Fsp3) is 0.244. The molecule has 0 spiro atoms. The van der Waals surface area contributed by atoms with Crippen LogP contribution in [0.3, 0.4) is 0 Å². The molecular weight excluding hydrogens is 628 g/mol. The van der Waals surface area contributed by atoms with Crippen LogP contribution in [0.4, 0.5) is 10.5 Å². The van der Waals surface area contributed by atoms with Crippen LogP contribution >= 0.6 is 0 Å². The van der Waals surface area contributed by atoms with Crippen molar-refractivity contribution in [2.45, 2.75) is 45.9 Å². The first-order chi connectivity index (χ1) is 24.1. The first-order valence-corrected chi connectivity index (χ1v) is 16.8. The molecule has 0 unspecified atom stereocenters. The van der Waals surface area contributed by atoms with Crippen molar-refractivity contribution in [2.75, 3.05) is 18.5 Å². The second kappa shape index (κ2) is 14.7. The molecule has 50 heavy (non-hydrogen) atoms. The maximum absolute atomic E-state index is 14.4. The Morgan fingerprint density at radius 1 is 0.880 bits per heavy atom. The van der Waals surface area contributed by atoms with Gasteiger partial charge in [-0.2, -0.15) is 0 Å². The molecule has 1 aliphatic rings. The molecule has 9 heteroatoms. The summed E-state index contributed by atoms with van der Waals surface area (Å²) in [5.74, 6) is 0.438. The van der Waals surface area contributed by atoms with E-state index in [2.05, 4.69) is 24.4 Å². The van der Waals surface area contributed by atoms with Crippen molar-refractivity contribution < 1.29 is 24.2 Å². The molecule has 9 nitrogen and oxygen atoms in total. The lowest BCUT2D eigenvalue weighted by molar-refractivity contribution is 0.0659. The van der Waals surface area contributed by atoms with E-state index < -0.39 is 6.09 Å². The van der Waals surface area contributed by atoms with Gasteiger partial charge >= 0.3 is 6.09 Å². The molecule has 1 aromatic heterocycles. The Morgan fingerprint density at radius 2 is 1.58 bits per heavy atom. The molecule has 0 aliphatic carbocycles. The summed E-state index contributed by atoms with van der Waals surface area (Å²) in [5, 5.41) is 11.5. The van der Waals surface area contributed by atoms with Gasteiger partial charge in [0.2, 0.25) is 0 Å². The molecule has 0 fully saturated rings. The molecule has 0 bridgehead atoms. The van der Waals surface area contributed by atoms with Crippen LogP contribution in [0.15, 0.2) is 103 Å². The minimum Gasteiger partial charge on any atom is -0.489 e. The average molecular weight is 671 g/mol. The summed E-state index contributed by atoms with van der Waals surface area (Å²) >= 11 is 0. The van der Waals surface area contributed by atoms with E-state index in [0.29, 0.717) is 42.0 Å². The molecular formula is C41H42N4O5. The van der Waals surface area contributed by atoms with Crippen LogP contribution in [0, 0.1) is 6.92 Å². The first-order valence-electron chi connectivity index (χ1n) is 16.8. The zero-order valence-corrected chi connectivity index (χ0v) is 28.8. The summed E-state index contributed by atoms with van der Waals surface area (Å²) in [6, 6.07) is 33.1. The first kappa shape index (κ1) is 34.0. The lowest BCUT2D eigenvalue weighted by atomic mass is 9.92. The van der Waals surface area contributed by atoms with Gasteiger partial charge in [-0.15, -0.1) is 0 Å². The summed E-state index contributed by atoms with van der Waals surface area (Å²) in [6.07, 6.45) is 0.130. The molecule has 5 aromatic rings. The van der Waals surface area contributed by atoms with Crippen LogP contribution in [-0.2, 0) is 33.0 Å².